The number of nitrogens with zero attached hydrogens (tertiary/aromatic N) is 2. The van der Waals surface area contributed by atoms with E-state index >= 15 is 0 Å². The molecule has 0 unspecified atom stereocenters. The van der Waals surface area contributed by atoms with Crippen LogP contribution in [-0.2, 0) is 11.8 Å². The first-order chi connectivity index (χ1) is 12.8. The Kier molecular flexibility index (Phi) is 4.87. The lowest BCUT2D eigenvalue weighted by molar-refractivity contribution is 0.0967. The SMILES string of the molecule is COc1ccc2c(Cc3cccc(C(=O)NC#N)n3)c(C(C)(C)C)[nH]c2c1. The molecule has 0 saturated carbocycles. The van der Waals surface area contributed by atoms with Gasteiger partial charge in [0.25, 0.3) is 5.91 Å². The molecule has 3 rings (SSSR count). The predicted molar refractivity (Wildman–Crippen MR) is 104 cm³/mol. The molecule has 1 amide bonds. The molecule has 2 heterocycles. The van der Waals surface area contributed by atoms with Crippen molar-refractivity contribution in [2.24, 2.45) is 0 Å². The number of fused-ring (bicyclic) bond motifs is 1. The molecule has 2 aromatic heterocycles. The number of carbonyl (C=O) groups is 1. The van der Waals surface area contributed by atoms with Crippen LogP contribution in [-0.4, -0.2) is 23.0 Å². The standard InChI is InChI=1S/C21H22N4O2/c1-21(2,3)19-16(15-9-8-14(27-4)11-18(15)25-19)10-13-6-5-7-17(24-13)20(26)23-12-22/h5-9,11,25H,10H2,1-4H3,(H,23,26). The molecule has 6 heteroatoms. The molecule has 138 valence electrons. The van der Waals surface area contributed by atoms with Crippen molar-refractivity contribution < 1.29 is 9.53 Å². The minimum absolute atomic E-state index is 0.0859. The van der Waals surface area contributed by atoms with Crippen LogP contribution >= 0.6 is 0 Å². The van der Waals surface area contributed by atoms with Gasteiger partial charge in [0.2, 0.25) is 0 Å². The first kappa shape index (κ1) is 18.5. The number of benzene rings is 1. The van der Waals surface area contributed by atoms with Gasteiger partial charge in [-0.05, 0) is 29.8 Å². The number of aromatic amines is 1. The number of ether oxygens (including phenoxy) is 1. The maximum Gasteiger partial charge on any atom is 0.282 e. The van der Waals surface area contributed by atoms with E-state index in [0.29, 0.717) is 6.42 Å². The summed E-state index contributed by atoms with van der Waals surface area (Å²) >= 11 is 0. The van der Waals surface area contributed by atoms with E-state index in [2.05, 4.69) is 36.1 Å². The van der Waals surface area contributed by atoms with Gasteiger partial charge in [0.05, 0.1) is 7.11 Å². The summed E-state index contributed by atoms with van der Waals surface area (Å²) < 4.78 is 5.34. The molecule has 27 heavy (non-hydrogen) atoms. The van der Waals surface area contributed by atoms with Gasteiger partial charge in [-0.1, -0.05) is 26.8 Å². The quantitative estimate of drug-likeness (QED) is 0.547. The van der Waals surface area contributed by atoms with E-state index in [9.17, 15) is 4.79 Å². The summed E-state index contributed by atoms with van der Waals surface area (Å²) in [4.78, 5) is 19.8. The van der Waals surface area contributed by atoms with Crippen LogP contribution in [0, 0.1) is 11.5 Å². The summed E-state index contributed by atoms with van der Waals surface area (Å²) in [6.07, 6.45) is 2.21. The first-order valence-electron chi connectivity index (χ1n) is 8.68. The topological polar surface area (TPSA) is 90.8 Å². The Morgan fingerprint density at radius 1 is 1.30 bits per heavy atom. The first-order valence-corrected chi connectivity index (χ1v) is 8.68. The zero-order valence-corrected chi connectivity index (χ0v) is 15.9. The summed E-state index contributed by atoms with van der Waals surface area (Å²) in [5.41, 5.74) is 4.19. The summed E-state index contributed by atoms with van der Waals surface area (Å²) in [6, 6.07) is 11.2. The van der Waals surface area contributed by atoms with Gasteiger partial charge in [0, 0.05) is 40.2 Å². The third-order valence-electron chi connectivity index (χ3n) is 4.43. The van der Waals surface area contributed by atoms with Crippen LogP contribution < -0.4 is 10.1 Å². The highest BCUT2D eigenvalue weighted by atomic mass is 16.5. The monoisotopic (exact) mass is 362 g/mol. The van der Waals surface area contributed by atoms with Gasteiger partial charge in [-0.2, -0.15) is 5.26 Å². The molecular weight excluding hydrogens is 340 g/mol. The van der Waals surface area contributed by atoms with Gasteiger partial charge in [-0.3, -0.25) is 10.1 Å². The summed E-state index contributed by atoms with van der Waals surface area (Å²) in [7, 11) is 1.65. The number of nitrogens with one attached hydrogen (secondary N) is 2. The zero-order valence-electron chi connectivity index (χ0n) is 15.9. The van der Waals surface area contributed by atoms with E-state index in [4.69, 9.17) is 10.00 Å². The van der Waals surface area contributed by atoms with Gasteiger partial charge < -0.3 is 9.72 Å². The van der Waals surface area contributed by atoms with Crippen molar-refractivity contribution >= 4 is 16.8 Å². The van der Waals surface area contributed by atoms with Crippen LogP contribution in [0.15, 0.2) is 36.4 Å². The number of H-pyrrole nitrogens is 1. The van der Waals surface area contributed by atoms with Crippen molar-refractivity contribution in [1.82, 2.24) is 15.3 Å². The zero-order chi connectivity index (χ0) is 19.6. The van der Waals surface area contributed by atoms with Crippen molar-refractivity contribution in [3.63, 3.8) is 0 Å². The highest BCUT2D eigenvalue weighted by Gasteiger charge is 2.23. The third-order valence-corrected chi connectivity index (χ3v) is 4.43. The third kappa shape index (κ3) is 3.77. The highest BCUT2D eigenvalue weighted by Crippen LogP contribution is 2.34. The number of nitriles is 1. The van der Waals surface area contributed by atoms with Gasteiger partial charge in [0.15, 0.2) is 6.19 Å². The molecule has 0 atom stereocenters. The van der Waals surface area contributed by atoms with E-state index in [1.54, 1.807) is 25.4 Å². The second kappa shape index (κ2) is 7.12. The number of pyridine rings is 1. The molecule has 6 nitrogen and oxygen atoms in total. The van der Waals surface area contributed by atoms with Crippen LogP contribution in [0.1, 0.15) is 48.2 Å². The van der Waals surface area contributed by atoms with E-state index < -0.39 is 5.91 Å². The Bertz CT molecular complexity index is 1040. The number of carbonyl (C=O) groups excluding carboxylic acids is 1. The minimum atomic E-state index is -0.501. The summed E-state index contributed by atoms with van der Waals surface area (Å²) in [5, 5.41) is 11.9. The van der Waals surface area contributed by atoms with E-state index in [1.165, 1.54) is 0 Å². The van der Waals surface area contributed by atoms with Crippen LogP contribution in [0.2, 0.25) is 0 Å². The molecule has 1 aromatic carbocycles. The molecule has 0 radical (unpaired) electrons. The molecular formula is C21H22N4O2. The summed E-state index contributed by atoms with van der Waals surface area (Å²) in [5.74, 6) is 0.295. The van der Waals surface area contributed by atoms with Crippen molar-refractivity contribution in [2.45, 2.75) is 32.6 Å². The van der Waals surface area contributed by atoms with Crippen molar-refractivity contribution in [2.75, 3.05) is 7.11 Å². The lowest BCUT2D eigenvalue weighted by atomic mass is 9.87. The Morgan fingerprint density at radius 3 is 2.74 bits per heavy atom. The van der Waals surface area contributed by atoms with E-state index in [0.717, 1.165) is 33.6 Å². The number of hydrogen-bond donors (Lipinski definition) is 2. The largest absolute Gasteiger partial charge is 0.497 e. The fourth-order valence-electron chi connectivity index (χ4n) is 3.19. The molecule has 0 saturated heterocycles. The smallest absolute Gasteiger partial charge is 0.282 e. The fraction of sp³-hybridized carbons (Fsp3) is 0.286. The van der Waals surface area contributed by atoms with Crippen LogP contribution in [0.25, 0.3) is 10.9 Å². The second-order valence-electron chi connectivity index (χ2n) is 7.40. The molecule has 0 spiro atoms. The average Bonchev–Trinajstić information content (AvgIpc) is 3.00. The molecule has 2 N–H and O–H groups in total. The lowest BCUT2D eigenvalue weighted by Crippen LogP contribution is -2.19. The molecule has 0 fully saturated rings. The van der Waals surface area contributed by atoms with Gasteiger partial charge in [-0.25, -0.2) is 4.98 Å². The Hall–Kier alpha value is -3.33. The maximum absolute atomic E-state index is 11.9. The summed E-state index contributed by atoms with van der Waals surface area (Å²) in [6.45, 7) is 6.47. The van der Waals surface area contributed by atoms with Crippen LogP contribution in [0.4, 0.5) is 0 Å². The van der Waals surface area contributed by atoms with Gasteiger partial charge in [-0.15, -0.1) is 0 Å². The minimum Gasteiger partial charge on any atom is -0.497 e. The molecule has 0 aliphatic rings. The second-order valence-corrected chi connectivity index (χ2v) is 7.40. The lowest BCUT2D eigenvalue weighted by Gasteiger charge is -2.19. The normalized spacial score (nSPS) is 11.2. The highest BCUT2D eigenvalue weighted by molar-refractivity contribution is 5.93. The Morgan fingerprint density at radius 2 is 2.07 bits per heavy atom. The molecule has 0 bridgehead atoms. The number of amides is 1. The van der Waals surface area contributed by atoms with Gasteiger partial charge in [0.1, 0.15) is 11.4 Å². The van der Waals surface area contributed by atoms with Crippen molar-refractivity contribution in [3.8, 4) is 11.9 Å². The number of hydrogen-bond acceptors (Lipinski definition) is 4. The fourth-order valence-corrected chi connectivity index (χ4v) is 3.19. The Labute approximate surface area is 158 Å². The van der Waals surface area contributed by atoms with Crippen LogP contribution in [0.5, 0.6) is 5.75 Å². The number of aromatic nitrogens is 2. The van der Waals surface area contributed by atoms with E-state index in [1.807, 2.05) is 24.3 Å². The van der Waals surface area contributed by atoms with Crippen molar-refractivity contribution in [3.05, 3.63) is 59.0 Å². The molecule has 0 aliphatic carbocycles. The van der Waals surface area contributed by atoms with E-state index in [-0.39, 0.29) is 11.1 Å². The van der Waals surface area contributed by atoms with Gasteiger partial charge >= 0.3 is 0 Å². The molecule has 0 aliphatic heterocycles. The maximum atomic E-state index is 11.9. The number of methoxy groups -OCH3 is 1. The predicted octanol–water partition coefficient (Wildman–Crippen LogP) is 3.67. The number of rotatable bonds is 4. The average molecular weight is 362 g/mol. The molecule has 3 aromatic rings. The van der Waals surface area contributed by atoms with Crippen LogP contribution in [0.3, 0.4) is 0 Å². The Balaban J connectivity index is 2.07. The van der Waals surface area contributed by atoms with Crippen molar-refractivity contribution in [1.29, 1.82) is 5.26 Å².